The molecule has 2 rings (SSSR count). The molecular weight excluding hydrogens is 274 g/mol. The van der Waals surface area contributed by atoms with Crippen LogP contribution >= 0.6 is 0 Å². The minimum atomic E-state index is -0.985. The maximum atomic E-state index is 11.8. The van der Waals surface area contributed by atoms with Gasteiger partial charge in [-0.3, -0.25) is 4.79 Å². The third-order valence-electron chi connectivity index (χ3n) is 2.97. The van der Waals surface area contributed by atoms with Crippen molar-refractivity contribution in [1.82, 2.24) is 5.32 Å². The first-order valence-electron chi connectivity index (χ1n) is 6.62. The van der Waals surface area contributed by atoms with Crippen molar-refractivity contribution in [2.45, 2.75) is 12.6 Å². The quantitative estimate of drug-likeness (QED) is 0.784. The van der Waals surface area contributed by atoms with Gasteiger partial charge in [0.1, 0.15) is 0 Å². The molecule has 1 saturated heterocycles. The topological polar surface area (TPSA) is 84.9 Å². The molecule has 1 amide bonds. The lowest BCUT2D eigenvalue weighted by Gasteiger charge is -2.22. The zero-order valence-electron chi connectivity index (χ0n) is 11.5. The minimum absolute atomic E-state index is 0.190. The molecule has 1 aromatic rings. The number of benzene rings is 1. The molecule has 1 unspecified atom stereocenters. The number of carbonyl (C=O) groups excluding carboxylic acids is 1. The average Bonchev–Trinajstić information content (AvgIpc) is 2.52. The van der Waals surface area contributed by atoms with E-state index >= 15 is 0 Å². The SMILES string of the molecule is O=C(O)C=Cc1ccc(CNC(=O)C2COCCO2)cc1. The molecule has 1 aromatic carbocycles. The van der Waals surface area contributed by atoms with Crippen LogP contribution in [0, 0.1) is 0 Å². The molecule has 0 aliphatic carbocycles. The number of rotatable bonds is 5. The predicted octanol–water partition coefficient (Wildman–Crippen LogP) is 0.816. The van der Waals surface area contributed by atoms with Crippen molar-refractivity contribution in [3.05, 3.63) is 41.5 Å². The number of aliphatic carboxylic acids is 1. The highest BCUT2D eigenvalue weighted by atomic mass is 16.6. The standard InChI is InChI=1S/C15H17NO5/c17-14(18)6-5-11-1-3-12(4-2-11)9-16-15(19)13-10-20-7-8-21-13/h1-6,13H,7-10H2,(H,16,19)(H,17,18). The first-order chi connectivity index (χ1) is 10.1. The number of hydrogen-bond acceptors (Lipinski definition) is 4. The number of ether oxygens (including phenoxy) is 2. The monoisotopic (exact) mass is 291 g/mol. The summed E-state index contributed by atoms with van der Waals surface area (Å²) in [5, 5.41) is 11.3. The van der Waals surface area contributed by atoms with E-state index in [0.29, 0.717) is 19.8 Å². The first kappa shape index (κ1) is 15.2. The van der Waals surface area contributed by atoms with Gasteiger partial charge in [0.15, 0.2) is 6.10 Å². The summed E-state index contributed by atoms with van der Waals surface area (Å²) in [5.74, 6) is -1.18. The van der Waals surface area contributed by atoms with Gasteiger partial charge < -0.3 is 19.9 Å². The summed E-state index contributed by atoms with van der Waals surface area (Å²) in [4.78, 5) is 22.2. The smallest absolute Gasteiger partial charge is 0.328 e. The Balaban J connectivity index is 1.83. The van der Waals surface area contributed by atoms with E-state index in [9.17, 15) is 9.59 Å². The summed E-state index contributed by atoms with van der Waals surface area (Å²) in [6, 6.07) is 7.25. The van der Waals surface area contributed by atoms with Crippen LogP contribution in [-0.4, -0.2) is 42.9 Å². The van der Waals surface area contributed by atoms with E-state index < -0.39 is 12.1 Å². The van der Waals surface area contributed by atoms with Gasteiger partial charge in [0.25, 0.3) is 5.91 Å². The normalized spacial score (nSPS) is 18.6. The molecule has 21 heavy (non-hydrogen) atoms. The van der Waals surface area contributed by atoms with Gasteiger partial charge in [0.05, 0.1) is 19.8 Å². The Morgan fingerprint density at radius 2 is 2.05 bits per heavy atom. The Bertz CT molecular complexity index is 517. The maximum absolute atomic E-state index is 11.8. The third kappa shape index (κ3) is 5.02. The highest BCUT2D eigenvalue weighted by Crippen LogP contribution is 2.07. The van der Waals surface area contributed by atoms with E-state index in [0.717, 1.165) is 17.2 Å². The molecule has 2 N–H and O–H groups in total. The van der Waals surface area contributed by atoms with Crippen LogP contribution in [0.3, 0.4) is 0 Å². The summed E-state index contributed by atoms with van der Waals surface area (Å²) >= 11 is 0. The van der Waals surface area contributed by atoms with Crippen molar-refractivity contribution in [2.24, 2.45) is 0 Å². The van der Waals surface area contributed by atoms with Crippen LogP contribution in [0.4, 0.5) is 0 Å². The van der Waals surface area contributed by atoms with Crippen LogP contribution in [0.5, 0.6) is 0 Å². The average molecular weight is 291 g/mol. The molecule has 1 aliphatic heterocycles. The highest BCUT2D eigenvalue weighted by molar-refractivity contribution is 5.85. The molecule has 1 heterocycles. The molecule has 6 nitrogen and oxygen atoms in total. The van der Waals surface area contributed by atoms with Crippen LogP contribution in [-0.2, 0) is 25.6 Å². The lowest BCUT2D eigenvalue weighted by atomic mass is 10.1. The van der Waals surface area contributed by atoms with Gasteiger partial charge in [0, 0.05) is 12.6 Å². The summed E-state index contributed by atoms with van der Waals surface area (Å²) in [7, 11) is 0. The van der Waals surface area contributed by atoms with E-state index in [2.05, 4.69) is 5.32 Å². The van der Waals surface area contributed by atoms with Crippen LogP contribution in [0.25, 0.3) is 6.08 Å². The van der Waals surface area contributed by atoms with E-state index in [-0.39, 0.29) is 12.5 Å². The van der Waals surface area contributed by atoms with Crippen molar-refractivity contribution in [1.29, 1.82) is 0 Å². The second-order valence-electron chi connectivity index (χ2n) is 4.57. The second-order valence-corrected chi connectivity index (χ2v) is 4.57. The number of carboxylic acids is 1. The number of hydrogen-bond donors (Lipinski definition) is 2. The van der Waals surface area contributed by atoms with E-state index in [4.69, 9.17) is 14.6 Å². The summed E-state index contributed by atoms with van der Waals surface area (Å²) in [6.07, 6.45) is 2.05. The van der Waals surface area contributed by atoms with Crippen molar-refractivity contribution < 1.29 is 24.2 Å². The van der Waals surface area contributed by atoms with E-state index in [1.807, 2.05) is 12.1 Å². The Hall–Kier alpha value is -2.18. The molecule has 0 spiro atoms. The Kier molecular flexibility index (Phi) is 5.48. The van der Waals surface area contributed by atoms with Crippen LogP contribution in [0.1, 0.15) is 11.1 Å². The molecule has 112 valence electrons. The number of nitrogens with one attached hydrogen (secondary N) is 1. The molecule has 0 bridgehead atoms. The van der Waals surface area contributed by atoms with E-state index in [1.165, 1.54) is 6.08 Å². The summed E-state index contributed by atoms with van der Waals surface area (Å²) in [6.45, 7) is 1.63. The Morgan fingerprint density at radius 3 is 2.67 bits per heavy atom. The van der Waals surface area contributed by atoms with Gasteiger partial charge in [-0.2, -0.15) is 0 Å². The van der Waals surface area contributed by atoms with E-state index in [1.54, 1.807) is 12.1 Å². The zero-order chi connectivity index (χ0) is 15.1. The molecule has 0 saturated carbocycles. The maximum Gasteiger partial charge on any atom is 0.328 e. The third-order valence-corrected chi connectivity index (χ3v) is 2.97. The van der Waals surface area contributed by atoms with Gasteiger partial charge in [-0.05, 0) is 17.2 Å². The van der Waals surface area contributed by atoms with Gasteiger partial charge in [-0.1, -0.05) is 24.3 Å². The molecule has 6 heteroatoms. The molecule has 0 aromatic heterocycles. The van der Waals surface area contributed by atoms with Crippen molar-refractivity contribution >= 4 is 18.0 Å². The first-order valence-corrected chi connectivity index (χ1v) is 6.62. The van der Waals surface area contributed by atoms with Crippen molar-refractivity contribution in [3.8, 4) is 0 Å². The number of carbonyl (C=O) groups is 2. The molecule has 1 aliphatic rings. The van der Waals surface area contributed by atoms with Crippen LogP contribution in [0.2, 0.25) is 0 Å². The molecule has 1 atom stereocenters. The number of amides is 1. The summed E-state index contributed by atoms with van der Waals surface area (Å²) < 4.78 is 10.5. The fourth-order valence-electron chi connectivity index (χ4n) is 1.86. The Morgan fingerprint density at radius 1 is 1.29 bits per heavy atom. The van der Waals surface area contributed by atoms with Crippen molar-refractivity contribution in [3.63, 3.8) is 0 Å². The fourth-order valence-corrected chi connectivity index (χ4v) is 1.86. The Labute approximate surface area is 122 Å². The lowest BCUT2D eigenvalue weighted by Crippen LogP contribution is -2.42. The molecular formula is C15H17NO5. The van der Waals surface area contributed by atoms with Crippen LogP contribution in [0.15, 0.2) is 30.3 Å². The van der Waals surface area contributed by atoms with Gasteiger partial charge in [-0.15, -0.1) is 0 Å². The highest BCUT2D eigenvalue weighted by Gasteiger charge is 2.21. The fraction of sp³-hybridized carbons (Fsp3) is 0.333. The molecule has 1 fully saturated rings. The van der Waals surface area contributed by atoms with Crippen molar-refractivity contribution in [2.75, 3.05) is 19.8 Å². The van der Waals surface area contributed by atoms with Crippen LogP contribution < -0.4 is 5.32 Å². The largest absolute Gasteiger partial charge is 0.478 e. The molecule has 0 radical (unpaired) electrons. The van der Waals surface area contributed by atoms with Gasteiger partial charge >= 0.3 is 5.97 Å². The minimum Gasteiger partial charge on any atom is -0.478 e. The second kappa shape index (κ2) is 7.56. The lowest BCUT2D eigenvalue weighted by molar-refractivity contribution is -0.147. The predicted molar refractivity (Wildman–Crippen MR) is 75.5 cm³/mol. The zero-order valence-corrected chi connectivity index (χ0v) is 11.5. The van der Waals surface area contributed by atoms with Gasteiger partial charge in [-0.25, -0.2) is 4.79 Å². The van der Waals surface area contributed by atoms with Gasteiger partial charge in [0.2, 0.25) is 0 Å². The number of carboxylic acid groups (broad SMARTS) is 1. The summed E-state index contributed by atoms with van der Waals surface area (Å²) in [5.41, 5.74) is 1.71.